The zero-order chi connectivity index (χ0) is 18.5. The van der Waals surface area contributed by atoms with Crippen molar-refractivity contribution in [1.29, 1.82) is 0 Å². The van der Waals surface area contributed by atoms with Crippen LogP contribution < -0.4 is 10.6 Å². The quantitative estimate of drug-likeness (QED) is 0.705. The lowest BCUT2D eigenvalue weighted by atomic mass is 10.1. The number of carbonyl (C=O) groups excluding carboxylic acids is 1. The molecule has 3 rings (SSSR count). The summed E-state index contributed by atoms with van der Waals surface area (Å²) in [5.41, 5.74) is 3.01. The van der Waals surface area contributed by atoms with E-state index in [0.717, 1.165) is 23.3 Å². The molecule has 1 amide bonds. The van der Waals surface area contributed by atoms with E-state index < -0.39 is 11.6 Å². The number of nitrogens with zero attached hydrogens (tertiary/aromatic N) is 1. The molecule has 1 heterocycles. The number of hydrogen-bond acceptors (Lipinski definition) is 3. The summed E-state index contributed by atoms with van der Waals surface area (Å²) in [6.07, 6.45) is 1.77. The number of hydrogen-bond donors (Lipinski definition) is 2. The van der Waals surface area contributed by atoms with E-state index in [1.54, 1.807) is 12.1 Å². The molecule has 0 saturated heterocycles. The number of anilines is 3. The Morgan fingerprint density at radius 1 is 0.962 bits per heavy atom. The highest BCUT2D eigenvalue weighted by Crippen LogP contribution is 2.18. The molecule has 6 heteroatoms. The molecule has 1 aromatic heterocycles. The molecular weight excluding hydrogens is 336 g/mol. The maximum Gasteiger partial charge on any atom is 0.228 e. The fraction of sp³-hybridized carbons (Fsp3) is 0.100. The van der Waals surface area contributed by atoms with Crippen LogP contribution in [-0.2, 0) is 11.2 Å². The third-order valence-corrected chi connectivity index (χ3v) is 3.72. The van der Waals surface area contributed by atoms with Crippen molar-refractivity contribution >= 4 is 23.1 Å². The molecule has 0 atom stereocenters. The second-order valence-electron chi connectivity index (χ2n) is 5.90. The van der Waals surface area contributed by atoms with Crippen LogP contribution in [0.5, 0.6) is 0 Å². The standard InChI is InChI=1S/C20H17F2N3O/c1-13-2-4-14(5-3-13)10-20(26)25-16-7-9-19(23-12-16)24-15-6-8-17(21)18(22)11-15/h2-9,11-12H,10H2,1H3,(H,23,24)(H,25,26). The van der Waals surface area contributed by atoms with Gasteiger partial charge in [-0.3, -0.25) is 4.79 Å². The first-order valence-corrected chi connectivity index (χ1v) is 8.03. The zero-order valence-electron chi connectivity index (χ0n) is 14.1. The van der Waals surface area contributed by atoms with Gasteiger partial charge in [0.25, 0.3) is 0 Å². The van der Waals surface area contributed by atoms with Gasteiger partial charge in [-0.2, -0.15) is 0 Å². The summed E-state index contributed by atoms with van der Waals surface area (Å²) < 4.78 is 26.1. The molecule has 132 valence electrons. The molecule has 0 aliphatic carbocycles. The summed E-state index contributed by atoms with van der Waals surface area (Å²) in [5.74, 6) is -1.53. The molecule has 4 nitrogen and oxygen atoms in total. The van der Waals surface area contributed by atoms with E-state index >= 15 is 0 Å². The minimum atomic E-state index is -0.935. The molecule has 0 aliphatic rings. The van der Waals surface area contributed by atoms with Crippen molar-refractivity contribution < 1.29 is 13.6 Å². The second kappa shape index (κ2) is 7.74. The SMILES string of the molecule is Cc1ccc(CC(=O)Nc2ccc(Nc3ccc(F)c(F)c3)nc2)cc1. The average Bonchev–Trinajstić information content (AvgIpc) is 2.62. The molecule has 26 heavy (non-hydrogen) atoms. The maximum absolute atomic E-state index is 13.2. The van der Waals surface area contributed by atoms with Crippen molar-refractivity contribution in [1.82, 2.24) is 4.98 Å². The minimum absolute atomic E-state index is 0.142. The summed E-state index contributed by atoms with van der Waals surface area (Å²) in [6, 6.07) is 14.6. The fourth-order valence-electron chi connectivity index (χ4n) is 2.36. The molecule has 0 fully saturated rings. The van der Waals surface area contributed by atoms with Crippen LogP contribution in [0, 0.1) is 18.6 Å². The molecule has 0 aliphatic heterocycles. The van der Waals surface area contributed by atoms with Crippen LogP contribution in [0.15, 0.2) is 60.8 Å². The second-order valence-corrected chi connectivity index (χ2v) is 5.90. The fourth-order valence-corrected chi connectivity index (χ4v) is 2.36. The van der Waals surface area contributed by atoms with Crippen LogP contribution in [-0.4, -0.2) is 10.9 Å². The molecule has 2 N–H and O–H groups in total. The Morgan fingerprint density at radius 2 is 1.69 bits per heavy atom. The van der Waals surface area contributed by atoms with Crippen LogP contribution in [0.1, 0.15) is 11.1 Å². The Hall–Kier alpha value is -3.28. The number of aromatic nitrogens is 1. The van der Waals surface area contributed by atoms with Gasteiger partial charge in [0.15, 0.2) is 11.6 Å². The molecule has 0 radical (unpaired) electrons. The predicted octanol–water partition coefficient (Wildman–Crippen LogP) is 4.59. The van der Waals surface area contributed by atoms with Gasteiger partial charge in [0.05, 0.1) is 18.3 Å². The van der Waals surface area contributed by atoms with Gasteiger partial charge in [-0.05, 0) is 36.8 Å². The van der Waals surface area contributed by atoms with Crippen LogP contribution >= 0.6 is 0 Å². The van der Waals surface area contributed by atoms with Gasteiger partial charge >= 0.3 is 0 Å². The Kier molecular flexibility index (Phi) is 5.22. The lowest BCUT2D eigenvalue weighted by Gasteiger charge is -2.08. The van der Waals surface area contributed by atoms with Gasteiger partial charge in [0, 0.05) is 11.8 Å². The summed E-state index contributed by atoms with van der Waals surface area (Å²) >= 11 is 0. The van der Waals surface area contributed by atoms with Gasteiger partial charge in [-0.1, -0.05) is 29.8 Å². The van der Waals surface area contributed by atoms with Gasteiger partial charge in [-0.15, -0.1) is 0 Å². The molecular formula is C20H17F2N3O. The lowest BCUT2D eigenvalue weighted by Crippen LogP contribution is -2.14. The molecule has 2 aromatic carbocycles. The number of rotatable bonds is 5. The van der Waals surface area contributed by atoms with E-state index in [-0.39, 0.29) is 12.3 Å². The number of carbonyl (C=O) groups is 1. The molecule has 0 saturated carbocycles. The van der Waals surface area contributed by atoms with Crippen molar-refractivity contribution in [2.45, 2.75) is 13.3 Å². The highest BCUT2D eigenvalue weighted by molar-refractivity contribution is 5.92. The van der Waals surface area contributed by atoms with E-state index in [4.69, 9.17) is 0 Å². The molecule has 0 spiro atoms. The van der Waals surface area contributed by atoms with Gasteiger partial charge in [-0.25, -0.2) is 13.8 Å². The van der Waals surface area contributed by atoms with Crippen LogP contribution in [0.3, 0.4) is 0 Å². The number of benzene rings is 2. The topological polar surface area (TPSA) is 54.0 Å². The average molecular weight is 353 g/mol. The van der Waals surface area contributed by atoms with Gasteiger partial charge < -0.3 is 10.6 Å². The number of aryl methyl sites for hydroxylation is 1. The minimum Gasteiger partial charge on any atom is -0.340 e. The first-order chi connectivity index (χ1) is 12.5. The van der Waals surface area contributed by atoms with Crippen molar-refractivity contribution in [3.8, 4) is 0 Å². The molecule has 0 bridgehead atoms. The Bertz CT molecular complexity index is 909. The third-order valence-electron chi connectivity index (χ3n) is 3.72. The number of amides is 1. The summed E-state index contributed by atoms with van der Waals surface area (Å²) in [7, 11) is 0. The highest BCUT2D eigenvalue weighted by atomic mass is 19.2. The van der Waals surface area contributed by atoms with E-state index in [9.17, 15) is 13.6 Å². The Labute approximate surface area is 149 Å². The summed E-state index contributed by atoms with van der Waals surface area (Å²) in [5, 5.41) is 5.64. The lowest BCUT2D eigenvalue weighted by molar-refractivity contribution is -0.115. The maximum atomic E-state index is 13.2. The summed E-state index contributed by atoms with van der Waals surface area (Å²) in [6.45, 7) is 1.99. The monoisotopic (exact) mass is 353 g/mol. The predicted molar refractivity (Wildman–Crippen MR) is 97.4 cm³/mol. The Morgan fingerprint density at radius 3 is 2.35 bits per heavy atom. The van der Waals surface area contributed by atoms with Crippen LogP contribution in [0.4, 0.5) is 26.0 Å². The van der Waals surface area contributed by atoms with Crippen molar-refractivity contribution in [2.24, 2.45) is 0 Å². The third kappa shape index (κ3) is 4.63. The number of halogens is 2. The van der Waals surface area contributed by atoms with Gasteiger partial charge in [0.2, 0.25) is 5.91 Å². The zero-order valence-corrected chi connectivity index (χ0v) is 14.1. The van der Waals surface area contributed by atoms with E-state index in [1.165, 1.54) is 12.3 Å². The Balaban J connectivity index is 1.59. The van der Waals surface area contributed by atoms with E-state index in [0.29, 0.717) is 17.2 Å². The van der Waals surface area contributed by atoms with E-state index in [1.807, 2.05) is 31.2 Å². The molecule has 0 unspecified atom stereocenters. The van der Waals surface area contributed by atoms with Crippen LogP contribution in [0.25, 0.3) is 0 Å². The van der Waals surface area contributed by atoms with E-state index in [2.05, 4.69) is 15.6 Å². The van der Waals surface area contributed by atoms with Crippen LogP contribution in [0.2, 0.25) is 0 Å². The number of nitrogens with one attached hydrogen (secondary N) is 2. The van der Waals surface area contributed by atoms with Crippen molar-refractivity contribution in [2.75, 3.05) is 10.6 Å². The first-order valence-electron chi connectivity index (χ1n) is 8.03. The van der Waals surface area contributed by atoms with Gasteiger partial charge in [0.1, 0.15) is 5.82 Å². The first kappa shape index (κ1) is 17.5. The van der Waals surface area contributed by atoms with Crippen molar-refractivity contribution in [3.63, 3.8) is 0 Å². The van der Waals surface area contributed by atoms with Crippen molar-refractivity contribution in [3.05, 3.63) is 83.6 Å². The summed E-state index contributed by atoms with van der Waals surface area (Å²) in [4.78, 5) is 16.2. The highest BCUT2D eigenvalue weighted by Gasteiger charge is 2.06. The molecule has 3 aromatic rings. The normalized spacial score (nSPS) is 10.4. The smallest absolute Gasteiger partial charge is 0.228 e. The number of pyridine rings is 1. The largest absolute Gasteiger partial charge is 0.340 e.